The zero-order chi connectivity index (χ0) is 23.3. The molecule has 0 aromatic heterocycles. The van der Waals surface area contributed by atoms with Gasteiger partial charge in [-0.3, -0.25) is 9.59 Å². The summed E-state index contributed by atoms with van der Waals surface area (Å²) in [7, 11) is -3.78. The average Bonchev–Trinajstić information content (AvgIpc) is 3.27. The van der Waals surface area contributed by atoms with Gasteiger partial charge in [0, 0.05) is 24.4 Å². The molecule has 172 valence electrons. The van der Waals surface area contributed by atoms with Crippen LogP contribution in [0.1, 0.15) is 39.9 Å². The summed E-state index contributed by atoms with van der Waals surface area (Å²) in [5.74, 6) is -0.899. The van der Waals surface area contributed by atoms with Crippen LogP contribution < -0.4 is 15.4 Å². The molecular formula is C23H29N3O5S. The Morgan fingerprint density at radius 1 is 1.09 bits per heavy atom. The second-order valence-electron chi connectivity index (χ2n) is 8.02. The van der Waals surface area contributed by atoms with Crippen molar-refractivity contribution >= 4 is 27.5 Å². The van der Waals surface area contributed by atoms with Gasteiger partial charge in [-0.25, -0.2) is 13.1 Å². The highest BCUT2D eigenvalue weighted by atomic mass is 32.2. The van der Waals surface area contributed by atoms with Crippen LogP contribution in [0.5, 0.6) is 0 Å². The van der Waals surface area contributed by atoms with E-state index in [0.29, 0.717) is 6.61 Å². The Kier molecular flexibility index (Phi) is 7.65. The predicted molar refractivity (Wildman–Crippen MR) is 122 cm³/mol. The van der Waals surface area contributed by atoms with E-state index in [1.54, 1.807) is 0 Å². The average molecular weight is 460 g/mol. The summed E-state index contributed by atoms with van der Waals surface area (Å²) >= 11 is 0. The third kappa shape index (κ3) is 6.15. The molecule has 0 spiro atoms. The SMILES string of the molecule is Cc1cc(C)c(NC(=O)CNC(=O)c2cccc(S(=O)(=O)NC[C@@H]3CCCO3)c2)c(C)c1. The molecule has 0 radical (unpaired) electrons. The van der Waals surface area contributed by atoms with Crippen molar-refractivity contribution in [2.24, 2.45) is 0 Å². The van der Waals surface area contributed by atoms with Gasteiger partial charge in [0.25, 0.3) is 5.91 Å². The van der Waals surface area contributed by atoms with Crippen molar-refractivity contribution in [1.82, 2.24) is 10.0 Å². The molecule has 1 fully saturated rings. The number of sulfonamides is 1. The lowest BCUT2D eigenvalue weighted by atomic mass is 10.1. The number of ether oxygens (including phenoxy) is 1. The number of rotatable bonds is 8. The molecule has 0 unspecified atom stereocenters. The smallest absolute Gasteiger partial charge is 0.251 e. The maximum Gasteiger partial charge on any atom is 0.251 e. The van der Waals surface area contributed by atoms with Gasteiger partial charge in [-0.05, 0) is 62.9 Å². The fourth-order valence-corrected chi connectivity index (χ4v) is 4.83. The first-order valence-electron chi connectivity index (χ1n) is 10.5. The molecule has 9 heteroatoms. The standard InChI is InChI=1S/C23H29N3O5S/c1-15-10-16(2)22(17(3)11-15)26-21(27)14-24-23(28)18-6-4-8-20(12-18)32(29,30)25-13-19-7-5-9-31-19/h4,6,8,10-12,19,25H,5,7,9,13-14H2,1-3H3,(H,24,28)(H,26,27)/t19-/m0/s1. The Balaban J connectivity index is 1.59. The Morgan fingerprint density at radius 3 is 2.47 bits per heavy atom. The van der Waals surface area contributed by atoms with Gasteiger partial charge in [-0.1, -0.05) is 23.8 Å². The van der Waals surface area contributed by atoms with E-state index in [4.69, 9.17) is 4.74 Å². The van der Waals surface area contributed by atoms with Crippen LogP contribution in [0.4, 0.5) is 5.69 Å². The first kappa shape index (κ1) is 23.9. The normalized spacial score (nSPS) is 16.0. The summed E-state index contributed by atoms with van der Waals surface area (Å²) < 4.78 is 33.1. The number of carbonyl (C=O) groups excluding carboxylic acids is 2. The van der Waals surface area contributed by atoms with Crippen LogP contribution in [-0.2, 0) is 19.6 Å². The highest BCUT2D eigenvalue weighted by Gasteiger charge is 2.21. The highest BCUT2D eigenvalue weighted by molar-refractivity contribution is 7.89. The second kappa shape index (κ2) is 10.2. The van der Waals surface area contributed by atoms with E-state index in [-0.39, 0.29) is 35.6 Å². The Bertz CT molecular complexity index is 1090. The maximum absolute atomic E-state index is 12.6. The van der Waals surface area contributed by atoms with Crippen LogP contribution in [0, 0.1) is 20.8 Å². The summed E-state index contributed by atoms with van der Waals surface area (Å²) in [6, 6.07) is 9.65. The van der Waals surface area contributed by atoms with E-state index in [1.807, 2.05) is 32.9 Å². The third-order valence-electron chi connectivity index (χ3n) is 5.28. The Labute approximate surface area is 188 Å². The molecule has 1 aliphatic heterocycles. The lowest BCUT2D eigenvalue weighted by Gasteiger charge is -2.14. The van der Waals surface area contributed by atoms with Gasteiger partial charge < -0.3 is 15.4 Å². The zero-order valence-electron chi connectivity index (χ0n) is 18.5. The van der Waals surface area contributed by atoms with Crippen LogP contribution in [0.2, 0.25) is 0 Å². The van der Waals surface area contributed by atoms with E-state index >= 15 is 0 Å². The molecular weight excluding hydrogens is 430 g/mol. The number of hydrogen-bond acceptors (Lipinski definition) is 5. The van der Waals surface area contributed by atoms with Crippen LogP contribution in [0.15, 0.2) is 41.3 Å². The molecule has 0 aliphatic carbocycles. The molecule has 3 N–H and O–H groups in total. The largest absolute Gasteiger partial charge is 0.377 e. The zero-order valence-corrected chi connectivity index (χ0v) is 19.3. The van der Waals surface area contributed by atoms with Crippen molar-refractivity contribution in [1.29, 1.82) is 0 Å². The van der Waals surface area contributed by atoms with Crippen molar-refractivity contribution in [3.05, 3.63) is 58.7 Å². The quantitative estimate of drug-likeness (QED) is 0.561. The number of carbonyl (C=O) groups is 2. The van der Waals surface area contributed by atoms with E-state index in [0.717, 1.165) is 35.2 Å². The van der Waals surface area contributed by atoms with Crippen molar-refractivity contribution < 1.29 is 22.7 Å². The molecule has 2 aromatic rings. The van der Waals surface area contributed by atoms with E-state index in [1.165, 1.54) is 24.3 Å². The van der Waals surface area contributed by atoms with Gasteiger partial charge >= 0.3 is 0 Å². The number of benzene rings is 2. The van der Waals surface area contributed by atoms with Crippen LogP contribution in [0.3, 0.4) is 0 Å². The number of anilines is 1. The van der Waals surface area contributed by atoms with Gasteiger partial charge in [0.15, 0.2) is 0 Å². The summed E-state index contributed by atoms with van der Waals surface area (Å²) in [6.07, 6.45) is 1.60. The first-order valence-corrected chi connectivity index (χ1v) is 12.0. The van der Waals surface area contributed by atoms with Crippen LogP contribution >= 0.6 is 0 Å². The van der Waals surface area contributed by atoms with Gasteiger partial charge in [-0.2, -0.15) is 0 Å². The molecule has 1 heterocycles. The van der Waals surface area contributed by atoms with Crippen molar-refractivity contribution in [3.63, 3.8) is 0 Å². The molecule has 3 rings (SSSR count). The van der Waals surface area contributed by atoms with Crippen molar-refractivity contribution in [3.8, 4) is 0 Å². The number of nitrogens with one attached hydrogen (secondary N) is 3. The summed E-state index contributed by atoms with van der Waals surface area (Å²) in [5, 5.41) is 5.36. The van der Waals surface area contributed by atoms with Crippen molar-refractivity contribution in [2.45, 2.75) is 44.6 Å². The highest BCUT2D eigenvalue weighted by Crippen LogP contribution is 2.21. The molecule has 1 aliphatic rings. The monoisotopic (exact) mass is 459 g/mol. The predicted octanol–water partition coefficient (Wildman–Crippen LogP) is 2.44. The van der Waals surface area contributed by atoms with E-state index < -0.39 is 15.9 Å². The van der Waals surface area contributed by atoms with Crippen molar-refractivity contribution in [2.75, 3.05) is 25.0 Å². The lowest BCUT2D eigenvalue weighted by molar-refractivity contribution is -0.115. The molecule has 0 saturated carbocycles. The van der Waals surface area contributed by atoms with E-state index in [9.17, 15) is 18.0 Å². The van der Waals surface area contributed by atoms with Crippen LogP contribution in [-0.4, -0.2) is 46.0 Å². The van der Waals surface area contributed by atoms with Crippen LogP contribution in [0.25, 0.3) is 0 Å². The summed E-state index contributed by atoms with van der Waals surface area (Å²) in [4.78, 5) is 24.8. The van der Waals surface area contributed by atoms with E-state index in [2.05, 4.69) is 15.4 Å². The number of hydrogen-bond donors (Lipinski definition) is 3. The van der Waals surface area contributed by atoms with Gasteiger partial charge in [0.05, 0.1) is 17.5 Å². The topological polar surface area (TPSA) is 114 Å². The minimum atomic E-state index is -3.78. The molecule has 8 nitrogen and oxygen atoms in total. The Hall–Kier alpha value is -2.75. The van der Waals surface area contributed by atoms with Gasteiger partial charge in [0.1, 0.15) is 0 Å². The second-order valence-corrected chi connectivity index (χ2v) is 9.79. The molecule has 1 atom stereocenters. The fourth-order valence-electron chi connectivity index (χ4n) is 3.72. The maximum atomic E-state index is 12.6. The summed E-state index contributed by atoms with van der Waals surface area (Å²) in [6.45, 7) is 6.40. The van der Waals surface area contributed by atoms with Gasteiger partial charge in [0.2, 0.25) is 15.9 Å². The number of amides is 2. The number of aryl methyl sites for hydroxylation is 3. The minimum absolute atomic E-state index is 0.0153. The Morgan fingerprint density at radius 2 is 1.81 bits per heavy atom. The van der Waals surface area contributed by atoms with Gasteiger partial charge in [-0.15, -0.1) is 0 Å². The molecule has 2 amide bonds. The molecule has 1 saturated heterocycles. The minimum Gasteiger partial charge on any atom is -0.377 e. The third-order valence-corrected chi connectivity index (χ3v) is 6.70. The first-order chi connectivity index (χ1) is 15.2. The molecule has 32 heavy (non-hydrogen) atoms. The fraction of sp³-hybridized carbons (Fsp3) is 0.391. The lowest BCUT2D eigenvalue weighted by Crippen LogP contribution is -2.34. The molecule has 2 aromatic carbocycles. The summed E-state index contributed by atoms with van der Waals surface area (Å²) in [5.41, 5.74) is 3.86. The molecule has 0 bridgehead atoms.